The summed E-state index contributed by atoms with van der Waals surface area (Å²) in [5.74, 6) is 0. The maximum atomic E-state index is 5.57. The van der Waals surface area contributed by atoms with Crippen molar-refractivity contribution in [2.45, 2.75) is 71.1 Å². The first-order chi connectivity index (χ1) is 9.93. The molecule has 0 unspecified atom stereocenters. The second-order valence-electron chi connectivity index (χ2n) is 5.58. The fourth-order valence-electron chi connectivity index (χ4n) is 2.36. The summed E-state index contributed by atoms with van der Waals surface area (Å²) in [7, 11) is 1.87. The zero-order valence-electron chi connectivity index (χ0n) is 13.2. The molecule has 0 atom stereocenters. The predicted octanol–water partition coefficient (Wildman–Crippen LogP) is 4.87. The lowest BCUT2D eigenvalue weighted by Crippen LogP contribution is -2.17. The number of hydrogen-bond acceptors (Lipinski definition) is 1. The number of rotatable bonds is 13. The SMILES string of the molecule is CCCCCCCCCCCCO[B]c1ccccc1. The molecule has 1 aromatic rings. The Hall–Kier alpha value is -0.755. The van der Waals surface area contributed by atoms with Gasteiger partial charge in [0.25, 0.3) is 0 Å². The highest BCUT2D eigenvalue weighted by Gasteiger charge is 1.96. The van der Waals surface area contributed by atoms with Crippen molar-refractivity contribution in [1.29, 1.82) is 0 Å². The van der Waals surface area contributed by atoms with Gasteiger partial charge in [-0.15, -0.1) is 0 Å². The minimum atomic E-state index is 0.853. The van der Waals surface area contributed by atoms with Crippen molar-refractivity contribution < 1.29 is 4.65 Å². The van der Waals surface area contributed by atoms with E-state index in [1.807, 2.05) is 25.7 Å². The van der Waals surface area contributed by atoms with E-state index in [0.717, 1.165) is 12.1 Å². The molecule has 1 rings (SSSR count). The van der Waals surface area contributed by atoms with Crippen LogP contribution in [0.4, 0.5) is 0 Å². The Balaban J connectivity index is 1.77. The Bertz CT molecular complexity index is 300. The molecule has 0 fully saturated rings. The third-order valence-electron chi connectivity index (χ3n) is 3.63. The molecule has 2 heteroatoms. The van der Waals surface area contributed by atoms with Gasteiger partial charge >= 0.3 is 7.48 Å². The number of unbranched alkanes of at least 4 members (excludes halogenated alkanes) is 9. The van der Waals surface area contributed by atoms with E-state index >= 15 is 0 Å². The summed E-state index contributed by atoms with van der Waals surface area (Å²) in [6.45, 7) is 3.13. The van der Waals surface area contributed by atoms with Gasteiger partial charge in [0.2, 0.25) is 0 Å². The Morgan fingerprint density at radius 2 is 1.30 bits per heavy atom. The van der Waals surface area contributed by atoms with Crippen molar-refractivity contribution in [3.8, 4) is 0 Å². The molecule has 0 aromatic heterocycles. The minimum Gasteiger partial charge on any atom is -0.434 e. The molecule has 0 saturated heterocycles. The maximum Gasteiger partial charge on any atom is 0.329 e. The van der Waals surface area contributed by atoms with Crippen molar-refractivity contribution in [3.63, 3.8) is 0 Å². The molecule has 0 spiro atoms. The molecule has 1 nitrogen and oxygen atoms in total. The predicted molar refractivity (Wildman–Crippen MR) is 89.6 cm³/mol. The van der Waals surface area contributed by atoms with Crippen molar-refractivity contribution in [1.82, 2.24) is 0 Å². The number of benzene rings is 1. The normalized spacial score (nSPS) is 10.7. The van der Waals surface area contributed by atoms with Gasteiger partial charge in [0.05, 0.1) is 0 Å². The fraction of sp³-hybridized carbons (Fsp3) is 0.667. The monoisotopic (exact) mass is 273 g/mol. The van der Waals surface area contributed by atoms with Crippen molar-refractivity contribution in [2.75, 3.05) is 6.61 Å². The van der Waals surface area contributed by atoms with Gasteiger partial charge in [-0.3, -0.25) is 0 Å². The Kier molecular flexibility index (Phi) is 11.4. The summed E-state index contributed by atoms with van der Waals surface area (Å²) in [6.07, 6.45) is 13.7. The second-order valence-corrected chi connectivity index (χ2v) is 5.58. The first-order valence-corrected chi connectivity index (χ1v) is 8.43. The quantitative estimate of drug-likeness (QED) is 0.368. The van der Waals surface area contributed by atoms with E-state index in [0.29, 0.717) is 0 Å². The van der Waals surface area contributed by atoms with Crippen LogP contribution < -0.4 is 5.46 Å². The van der Waals surface area contributed by atoms with Gasteiger partial charge in [-0.2, -0.15) is 0 Å². The van der Waals surface area contributed by atoms with Crippen LogP contribution in [0.15, 0.2) is 30.3 Å². The van der Waals surface area contributed by atoms with E-state index in [1.54, 1.807) is 0 Å². The van der Waals surface area contributed by atoms with E-state index in [9.17, 15) is 0 Å². The molecule has 0 N–H and O–H groups in total. The van der Waals surface area contributed by atoms with Crippen LogP contribution in [0.2, 0.25) is 0 Å². The molecule has 0 aliphatic carbocycles. The standard InChI is InChI=1S/C18H30BO/c1-2-3-4-5-6-7-8-9-10-14-17-20-19-18-15-12-11-13-16-18/h11-13,15-16H,2-10,14,17H2,1H3. The summed E-state index contributed by atoms with van der Waals surface area (Å²) >= 11 is 0. The third kappa shape index (κ3) is 10.1. The van der Waals surface area contributed by atoms with Gasteiger partial charge in [-0.1, -0.05) is 101 Å². The van der Waals surface area contributed by atoms with Crippen LogP contribution in [0.25, 0.3) is 0 Å². The van der Waals surface area contributed by atoms with E-state index in [1.165, 1.54) is 64.2 Å². The van der Waals surface area contributed by atoms with Crippen molar-refractivity contribution in [3.05, 3.63) is 30.3 Å². The highest BCUT2D eigenvalue weighted by molar-refractivity contribution is 6.46. The van der Waals surface area contributed by atoms with Crippen LogP contribution in [-0.2, 0) is 4.65 Å². The smallest absolute Gasteiger partial charge is 0.329 e. The first kappa shape index (κ1) is 17.3. The molecule has 0 aliphatic rings. The van der Waals surface area contributed by atoms with Gasteiger partial charge in [0, 0.05) is 6.61 Å². The zero-order valence-corrected chi connectivity index (χ0v) is 13.2. The summed E-state index contributed by atoms with van der Waals surface area (Å²) in [5, 5.41) is 0. The van der Waals surface area contributed by atoms with E-state index < -0.39 is 0 Å². The van der Waals surface area contributed by atoms with Gasteiger partial charge in [-0.25, -0.2) is 0 Å². The van der Waals surface area contributed by atoms with Gasteiger partial charge in [0.15, 0.2) is 0 Å². The van der Waals surface area contributed by atoms with Crippen LogP contribution in [0.5, 0.6) is 0 Å². The van der Waals surface area contributed by atoms with Crippen LogP contribution >= 0.6 is 0 Å². The molecule has 0 amide bonds. The minimum absolute atomic E-state index is 0.853. The lowest BCUT2D eigenvalue weighted by Gasteiger charge is -2.04. The molecule has 1 radical (unpaired) electrons. The summed E-state index contributed by atoms with van der Waals surface area (Å²) in [4.78, 5) is 0. The van der Waals surface area contributed by atoms with Crippen LogP contribution in [0.1, 0.15) is 71.1 Å². The lowest BCUT2D eigenvalue weighted by molar-refractivity contribution is 0.325. The van der Waals surface area contributed by atoms with Crippen LogP contribution in [-0.4, -0.2) is 14.1 Å². The zero-order chi connectivity index (χ0) is 14.3. The van der Waals surface area contributed by atoms with Gasteiger partial charge in [0.1, 0.15) is 0 Å². The van der Waals surface area contributed by atoms with Gasteiger partial charge in [-0.05, 0) is 6.42 Å². The molecule has 20 heavy (non-hydrogen) atoms. The van der Waals surface area contributed by atoms with E-state index in [4.69, 9.17) is 4.65 Å². The van der Waals surface area contributed by atoms with Crippen molar-refractivity contribution >= 4 is 12.9 Å². The molecule has 111 valence electrons. The average molecular weight is 273 g/mol. The molecule has 0 heterocycles. The van der Waals surface area contributed by atoms with Crippen LogP contribution in [0, 0.1) is 0 Å². The Labute approximate surface area is 126 Å². The molecular weight excluding hydrogens is 243 g/mol. The van der Waals surface area contributed by atoms with Crippen molar-refractivity contribution in [2.24, 2.45) is 0 Å². The third-order valence-corrected chi connectivity index (χ3v) is 3.63. The molecular formula is C18H30BO. The largest absolute Gasteiger partial charge is 0.434 e. The molecule has 0 bridgehead atoms. The van der Waals surface area contributed by atoms with E-state index in [2.05, 4.69) is 19.1 Å². The number of hydrogen-bond donors (Lipinski definition) is 0. The highest BCUT2D eigenvalue weighted by atomic mass is 16.4. The second kappa shape index (κ2) is 13.2. The maximum absolute atomic E-state index is 5.57. The Morgan fingerprint density at radius 3 is 1.90 bits per heavy atom. The van der Waals surface area contributed by atoms with E-state index in [-0.39, 0.29) is 0 Å². The lowest BCUT2D eigenvalue weighted by atomic mass is 9.88. The summed E-state index contributed by atoms with van der Waals surface area (Å²) in [6, 6.07) is 10.2. The van der Waals surface area contributed by atoms with Crippen LogP contribution in [0.3, 0.4) is 0 Å². The summed E-state index contributed by atoms with van der Waals surface area (Å²) < 4.78 is 5.57. The molecule has 0 saturated carbocycles. The Morgan fingerprint density at radius 1 is 0.750 bits per heavy atom. The fourth-order valence-corrected chi connectivity index (χ4v) is 2.36. The average Bonchev–Trinajstić information content (AvgIpc) is 2.49. The summed E-state index contributed by atoms with van der Waals surface area (Å²) in [5.41, 5.74) is 1.15. The topological polar surface area (TPSA) is 9.23 Å². The molecule has 1 aromatic carbocycles. The highest BCUT2D eigenvalue weighted by Crippen LogP contribution is 2.10. The first-order valence-electron chi connectivity index (χ1n) is 8.43. The molecule has 0 aliphatic heterocycles. The van der Waals surface area contributed by atoms with Gasteiger partial charge < -0.3 is 4.65 Å².